The highest BCUT2D eigenvalue weighted by atomic mass is 16.7. The number of rotatable bonds is 13. The van der Waals surface area contributed by atoms with Gasteiger partial charge in [-0.3, -0.25) is 0 Å². The molecule has 6 nitrogen and oxygen atoms in total. The summed E-state index contributed by atoms with van der Waals surface area (Å²) in [4.78, 5) is 0. The predicted molar refractivity (Wildman–Crippen MR) is 137 cm³/mol. The first-order chi connectivity index (χ1) is 17.8. The van der Waals surface area contributed by atoms with E-state index in [1.807, 2.05) is 97.9 Å². The first-order valence-corrected chi connectivity index (χ1v) is 12.6. The summed E-state index contributed by atoms with van der Waals surface area (Å²) in [5, 5.41) is 10.2. The van der Waals surface area contributed by atoms with E-state index < -0.39 is 30.7 Å². The van der Waals surface area contributed by atoms with Gasteiger partial charge < -0.3 is 28.8 Å². The summed E-state index contributed by atoms with van der Waals surface area (Å²) >= 11 is 0. The zero-order valence-corrected chi connectivity index (χ0v) is 20.8. The Balaban J connectivity index is 1.58. The van der Waals surface area contributed by atoms with E-state index in [1.54, 1.807) is 0 Å². The van der Waals surface area contributed by atoms with E-state index in [0.29, 0.717) is 26.4 Å². The molecule has 1 aliphatic rings. The zero-order chi connectivity index (χ0) is 25.0. The summed E-state index contributed by atoms with van der Waals surface area (Å²) < 4.78 is 31.6. The van der Waals surface area contributed by atoms with Gasteiger partial charge in [0.05, 0.1) is 26.4 Å². The molecule has 36 heavy (non-hydrogen) atoms. The van der Waals surface area contributed by atoms with Gasteiger partial charge in [-0.2, -0.15) is 0 Å². The van der Waals surface area contributed by atoms with Crippen molar-refractivity contribution in [2.24, 2.45) is 0 Å². The lowest BCUT2D eigenvalue weighted by Gasteiger charge is -2.45. The SMILES string of the molecule is CCCO[C@@H]1O[C@H](CO)[C@H](OCc2ccccc2)[C@H](OCc2ccccc2)[C@H]1OCc1ccccc1. The van der Waals surface area contributed by atoms with E-state index in [0.717, 1.165) is 23.1 Å². The van der Waals surface area contributed by atoms with Crippen LogP contribution in [0.15, 0.2) is 91.0 Å². The minimum absolute atomic E-state index is 0.220. The van der Waals surface area contributed by atoms with E-state index >= 15 is 0 Å². The van der Waals surface area contributed by atoms with Crippen molar-refractivity contribution < 1.29 is 28.8 Å². The van der Waals surface area contributed by atoms with Crippen LogP contribution in [0.5, 0.6) is 0 Å². The average molecular weight is 493 g/mol. The van der Waals surface area contributed by atoms with Crippen molar-refractivity contribution in [3.63, 3.8) is 0 Å². The van der Waals surface area contributed by atoms with Crippen LogP contribution in [0.1, 0.15) is 30.0 Å². The maximum Gasteiger partial charge on any atom is 0.186 e. The van der Waals surface area contributed by atoms with Crippen molar-refractivity contribution in [3.8, 4) is 0 Å². The molecule has 0 aliphatic carbocycles. The second-order valence-corrected chi connectivity index (χ2v) is 8.88. The highest BCUT2D eigenvalue weighted by molar-refractivity contribution is 5.15. The molecule has 3 aromatic rings. The maximum absolute atomic E-state index is 10.2. The second-order valence-electron chi connectivity index (χ2n) is 8.88. The Morgan fingerprint density at radius 3 is 1.50 bits per heavy atom. The molecular formula is C30H36O6. The summed E-state index contributed by atoms with van der Waals surface area (Å²) in [6.45, 7) is 3.45. The van der Waals surface area contributed by atoms with Gasteiger partial charge in [0.2, 0.25) is 0 Å². The molecule has 6 heteroatoms. The summed E-state index contributed by atoms with van der Waals surface area (Å²) in [5.41, 5.74) is 3.11. The lowest BCUT2D eigenvalue weighted by molar-refractivity contribution is -0.326. The van der Waals surface area contributed by atoms with Crippen LogP contribution < -0.4 is 0 Å². The third-order valence-corrected chi connectivity index (χ3v) is 6.11. The monoisotopic (exact) mass is 492 g/mol. The van der Waals surface area contributed by atoms with Crippen LogP contribution in [0.2, 0.25) is 0 Å². The predicted octanol–water partition coefficient (Wildman–Crippen LogP) is 4.89. The Bertz CT molecular complexity index is 984. The summed E-state index contributed by atoms with van der Waals surface area (Å²) in [6, 6.07) is 29.9. The highest BCUT2D eigenvalue weighted by Gasteiger charge is 2.48. The third kappa shape index (κ3) is 7.46. The second kappa shape index (κ2) is 14.2. The Kier molecular flexibility index (Phi) is 10.5. The van der Waals surface area contributed by atoms with E-state index in [2.05, 4.69) is 0 Å². The molecule has 5 atom stereocenters. The lowest BCUT2D eigenvalue weighted by atomic mass is 9.98. The Morgan fingerprint density at radius 2 is 1.06 bits per heavy atom. The fraction of sp³-hybridized carbons (Fsp3) is 0.400. The zero-order valence-electron chi connectivity index (χ0n) is 20.8. The molecule has 0 unspecified atom stereocenters. The highest BCUT2D eigenvalue weighted by Crippen LogP contribution is 2.31. The van der Waals surface area contributed by atoms with Gasteiger partial charge in [-0.25, -0.2) is 0 Å². The van der Waals surface area contributed by atoms with Crippen LogP contribution in [0, 0.1) is 0 Å². The fourth-order valence-corrected chi connectivity index (χ4v) is 4.26. The van der Waals surface area contributed by atoms with Gasteiger partial charge in [-0.1, -0.05) is 97.9 Å². The minimum Gasteiger partial charge on any atom is -0.394 e. The van der Waals surface area contributed by atoms with Crippen LogP contribution in [0.4, 0.5) is 0 Å². The van der Waals surface area contributed by atoms with Crippen molar-refractivity contribution >= 4 is 0 Å². The Morgan fingerprint density at radius 1 is 0.611 bits per heavy atom. The molecule has 1 aliphatic heterocycles. The van der Waals surface area contributed by atoms with Gasteiger partial charge in [-0.15, -0.1) is 0 Å². The van der Waals surface area contributed by atoms with Gasteiger partial charge in [0.15, 0.2) is 6.29 Å². The smallest absolute Gasteiger partial charge is 0.186 e. The molecule has 1 saturated heterocycles. The van der Waals surface area contributed by atoms with Gasteiger partial charge in [0, 0.05) is 6.61 Å². The van der Waals surface area contributed by atoms with Crippen LogP contribution in [-0.2, 0) is 43.5 Å². The van der Waals surface area contributed by atoms with Crippen molar-refractivity contribution in [1.82, 2.24) is 0 Å². The standard InChI is InChI=1S/C30H36O6/c1-2-18-32-30-29(35-22-25-16-10-5-11-17-25)28(34-21-24-14-8-4-9-15-24)27(26(19-31)36-30)33-20-23-12-6-3-7-13-23/h3-17,26-31H,2,18-22H2,1H3/t26-,27+,28+,29-,30-/m1/s1. The topological polar surface area (TPSA) is 66.4 Å². The normalized spacial score (nSPS) is 24.0. The van der Waals surface area contributed by atoms with Gasteiger partial charge >= 0.3 is 0 Å². The van der Waals surface area contributed by atoms with Crippen LogP contribution in [0.25, 0.3) is 0 Å². The van der Waals surface area contributed by atoms with Crippen LogP contribution >= 0.6 is 0 Å². The summed E-state index contributed by atoms with van der Waals surface area (Å²) in [7, 11) is 0. The number of hydrogen-bond acceptors (Lipinski definition) is 6. The Hall–Kier alpha value is -2.58. The molecule has 0 amide bonds. The van der Waals surface area contributed by atoms with Gasteiger partial charge in [0.1, 0.15) is 24.4 Å². The van der Waals surface area contributed by atoms with E-state index in [4.69, 9.17) is 23.7 Å². The van der Waals surface area contributed by atoms with E-state index in [-0.39, 0.29) is 6.61 Å². The molecule has 3 aromatic carbocycles. The largest absolute Gasteiger partial charge is 0.394 e. The first kappa shape index (κ1) is 26.5. The Labute approximate surface area is 213 Å². The third-order valence-electron chi connectivity index (χ3n) is 6.11. The minimum atomic E-state index is -0.692. The molecule has 0 bridgehead atoms. The number of aliphatic hydroxyl groups is 1. The molecule has 4 rings (SSSR count). The molecule has 1 N–H and O–H groups in total. The molecule has 0 saturated carbocycles. The van der Waals surface area contributed by atoms with Crippen LogP contribution in [0.3, 0.4) is 0 Å². The van der Waals surface area contributed by atoms with Crippen molar-refractivity contribution in [2.75, 3.05) is 13.2 Å². The first-order valence-electron chi connectivity index (χ1n) is 12.6. The average Bonchev–Trinajstić information content (AvgIpc) is 2.94. The molecular weight excluding hydrogens is 456 g/mol. The number of hydrogen-bond donors (Lipinski definition) is 1. The molecule has 0 aromatic heterocycles. The number of ether oxygens (including phenoxy) is 5. The quantitative estimate of drug-likeness (QED) is 0.367. The fourth-order valence-electron chi connectivity index (χ4n) is 4.26. The molecule has 0 radical (unpaired) electrons. The van der Waals surface area contributed by atoms with Gasteiger partial charge in [0.25, 0.3) is 0 Å². The summed E-state index contributed by atoms with van der Waals surface area (Å²) in [6.07, 6.45) is -2.11. The van der Waals surface area contributed by atoms with Crippen LogP contribution in [-0.4, -0.2) is 49.0 Å². The molecule has 0 spiro atoms. The molecule has 1 fully saturated rings. The van der Waals surface area contributed by atoms with Crippen molar-refractivity contribution in [1.29, 1.82) is 0 Å². The molecule has 192 valence electrons. The number of benzene rings is 3. The number of aliphatic hydroxyl groups excluding tert-OH is 1. The van der Waals surface area contributed by atoms with Crippen molar-refractivity contribution in [3.05, 3.63) is 108 Å². The van der Waals surface area contributed by atoms with E-state index in [1.165, 1.54) is 0 Å². The maximum atomic E-state index is 10.2. The van der Waals surface area contributed by atoms with Gasteiger partial charge in [-0.05, 0) is 23.1 Å². The lowest BCUT2D eigenvalue weighted by Crippen LogP contribution is -2.61. The summed E-state index contributed by atoms with van der Waals surface area (Å²) in [5.74, 6) is 0. The molecule has 1 heterocycles. The van der Waals surface area contributed by atoms with E-state index in [9.17, 15) is 5.11 Å². The van der Waals surface area contributed by atoms with Crippen molar-refractivity contribution in [2.45, 2.75) is 63.9 Å².